The molecular weight excluding hydrogens is 312 g/mol. The van der Waals surface area contributed by atoms with Crippen LogP contribution < -0.4 is 0 Å². The van der Waals surface area contributed by atoms with Crippen molar-refractivity contribution in [2.75, 3.05) is 0 Å². The molecule has 0 N–H and O–H groups in total. The van der Waals surface area contributed by atoms with Crippen molar-refractivity contribution in [3.05, 3.63) is 7.87 Å². The lowest BCUT2D eigenvalue weighted by Crippen LogP contribution is -1.72. The minimum atomic E-state index is 1.03. The summed E-state index contributed by atoms with van der Waals surface area (Å²) in [5, 5.41) is 0. The van der Waals surface area contributed by atoms with Crippen molar-refractivity contribution in [3.8, 4) is 0 Å². The fraction of sp³-hybridized carbons (Fsp3) is 0.667. The number of unbranched alkanes of at least 4 members (excludes halogenated alkanes) is 1. The van der Waals surface area contributed by atoms with Gasteiger partial charge in [0.05, 0.1) is 3.39 Å². The second-order valence-electron chi connectivity index (χ2n) is 1.77. The molecule has 0 bridgehead atoms. The van der Waals surface area contributed by atoms with Crippen LogP contribution in [0.3, 0.4) is 0 Å². The fourth-order valence-electron chi connectivity index (χ4n) is 0.426. The number of hydrogen-bond acceptors (Lipinski definition) is 0. The van der Waals surface area contributed by atoms with Crippen LogP contribution in [-0.4, -0.2) is 0 Å². The van der Waals surface area contributed by atoms with Crippen LogP contribution in [0.1, 0.15) is 26.2 Å². The molecule has 0 aliphatic carbocycles. The Balaban J connectivity index is 3.50. The Morgan fingerprint density at radius 2 is 1.78 bits per heavy atom. The van der Waals surface area contributed by atoms with E-state index < -0.39 is 0 Å². The van der Waals surface area contributed by atoms with E-state index in [-0.39, 0.29) is 0 Å². The molecule has 0 aromatic carbocycles. The summed E-state index contributed by atoms with van der Waals surface area (Å²) in [6.07, 6.45) is 3.59. The van der Waals surface area contributed by atoms with Crippen LogP contribution in [0.5, 0.6) is 0 Å². The van der Waals surface area contributed by atoms with E-state index in [1.165, 1.54) is 17.3 Å². The van der Waals surface area contributed by atoms with Gasteiger partial charge in [-0.05, 0) is 44.7 Å². The van der Waals surface area contributed by atoms with E-state index in [1.807, 2.05) is 0 Å². The van der Waals surface area contributed by atoms with Gasteiger partial charge in [-0.3, -0.25) is 0 Å². The molecule has 0 fully saturated rings. The van der Waals surface area contributed by atoms with Crippen LogP contribution in [0.2, 0.25) is 0 Å². The minimum absolute atomic E-state index is 1.03. The van der Waals surface area contributed by atoms with E-state index in [2.05, 4.69) is 54.7 Å². The molecule has 0 unspecified atom stereocenters. The molecule has 0 heterocycles. The van der Waals surface area contributed by atoms with Crippen LogP contribution >= 0.6 is 47.8 Å². The second kappa shape index (κ2) is 5.93. The summed E-state index contributed by atoms with van der Waals surface area (Å²) in [6, 6.07) is 0. The zero-order valence-corrected chi connectivity index (χ0v) is 10.0. The SMILES string of the molecule is CCCCC(Br)=C(Br)Br. The number of rotatable bonds is 3. The Labute approximate surface area is 81.5 Å². The van der Waals surface area contributed by atoms with Crippen molar-refractivity contribution in [2.24, 2.45) is 0 Å². The Bertz CT molecular complexity index is 103. The predicted octanol–water partition coefficient (Wildman–Crippen LogP) is 4.53. The van der Waals surface area contributed by atoms with E-state index in [0.717, 1.165) is 9.81 Å². The molecule has 0 saturated carbocycles. The van der Waals surface area contributed by atoms with E-state index in [1.54, 1.807) is 0 Å². The molecule has 0 atom stereocenters. The highest BCUT2D eigenvalue weighted by Gasteiger charge is 1.94. The van der Waals surface area contributed by atoms with Crippen molar-refractivity contribution < 1.29 is 0 Å². The van der Waals surface area contributed by atoms with Crippen molar-refractivity contribution in [1.82, 2.24) is 0 Å². The average molecular weight is 321 g/mol. The largest absolute Gasteiger partial charge is 0.0705 e. The fourth-order valence-corrected chi connectivity index (χ4v) is 1.10. The van der Waals surface area contributed by atoms with Crippen LogP contribution in [0.15, 0.2) is 7.87 Å². The molecule has 0 amide bonds. The van der Waals surface area contributed by atoms with E-state index in [0.29, 0.717) is 0 Å². The van der Waals surface area contributed by atoms with Gasteiger partial charge in [0.25, 0.3) is 0 Å². The summed E-state index contributed by atoms with van der Waals surface area (Å²) < 4.78 is 2.24. The molecule has 3 heteroatoms. The lowest BCUT2D eigenvalue weighted by molar-refractivity contribution is 0.811. The molecule has 0 nitrogen and oxygen atoms in total. The maximum absolute atomic E-state index is 3.43. The molecule has 0 aliphatic heterocycles. The third-order valence-electron chi connectivity index (χ3n) is 0.955. The van der Waals surface area contributed by atoms with E-state index in [9.17, 15) is 0 Å². The molecule has 54 valence electrons. The van der Waals surface area contributed by atoms with Gasteiger partial charge in [-0.15, -0.1) is 0 Å². The van der Waals surface area contributed by atoms with Gasteiger partial charge in [-0.2, -0.15) is 0 Å². The maximum Gasteiger partial charge on any atom is 0.0705 e. The summed E-state index contributed by atoms with van der Waals surface area (Å²) in [6.45, 7) is 2.18. The standard InChI is InChI=1S/C6H9Br3/c1-2-3-4-5(7)6(8)9/h2-4H2,1H3. The Kier molecular flexibility index (Phi) is 6.70. The van der Waals surface area contributed by atoms with Crippen molar-refractivity contribution >= 4 is 47.8 Å². The summed E-state index contributed by atoms with van der Waals surface area (Å²) >= 11 is 10.1. The lowest BCUT2D eigenvalue weighted by Gasteiger charge is -1.95. The van der Waals surface area contributed by atoms with Crippen molar-refractivity contribution in [2.45, 2.75) is 26.2 Å². The van der Waals surface area contributed by atoms with Crippen molar-refractivity contribution in [3.63, 3.8) is 0 Å². The molecule has 0 saturated heterocycles. The monoisotopic (exact) mass is 318 g/mol. The molecular formula is C6H9Br3. The van der Waals surface area contributed by atoms with Crippen LogP contribution in [0.25, 0.3) is 0 Å². The van der Waals surface area contributed by atoms with Gasteiger partial charge in [0, 0.05) is 4.48 Å². The van der Waals surface area contributed by atoms with Gasteiger partial charge >= 0.3 is 0 Å². The molecule has 0 aromatic rings. The summed E-state index contributed by atoms with van der Waals surface area (Å²) in [4.78, 5) is 0. The smallest absolute Gasteiger partial charge is 0.0654 e. The van der Waals surface area contributed by atoms with Gasteiger partial charge in [-0.25, -0.2) is 0 Å². The highest BCUT2D eigenvalue weighted by Crippen LogP contribution is 2.27. The molecule has 0 aromatic heterocycles. The maximum atomic E-state index is 3.43. The molecule has 0 aliphatic rings. The highest BCUT2D eigenvalue weighted by atomic mass is 79.9. The third kappa shape index (κ3) is 5.62. The highest BCUT2D eigenvalue weighted by molar-refractivity contribution is 9.29. The summed E-state index contributed by atoms with van der Waals surface area (Å²) in [5.41, 5.74) is 0. The Morgan fingerprint density at radius 1 is 1.22 bits per heavy atom. The predicted molar refractivity (Wildman–Crippen MR) is 53.3 cm³/mol. The quantitative estimate of drug-likeness (QED) is 0.716. The lowest BCUT2D eigenvalue weighted by atomic mass is 10.2. The first-order valence-electron chi connectivity index (χ1n) is 2.88. The molecule has 0 rings (SSSR count). The number of allylic oxidation sites excluding steroid dienone is 1. The average Bonchev–Trinajstić information content (AvgIpc) is 1.82. The zero-order chi connectivity index (χ0) is 7.28. The molecule has 0 spiro atoms. The number of halogens is 3. The summed E-state index contributed by atoms with van der Waals surface area (Å²) in [7, 11) is 0. The number of hydrogen-bond donors (Lipinski definition) is 0. The van der Waals surface area contributed by atoms with Crippen LogP contribution in [0, 0.1) is 0 Å². The van der Waals surface area contributed by atoms with Gasteiger partial charge < -0.3 is 0 Å². The third-order valence-corrected chi connectivity index (χ3v) is 3.77. The normalized spacial score (nSPS) is 9.33. The van der Waals surface area contributed by atoms with Gasteiger partial charge in [0.2, 0.25) is 0 Å². The van der Waals surface area contributed by atoms with Crippen LogP contribution in [-0.2, 0) is 0 Å². The first-order valence-corrected chi connectivity index (χ1v) is 5.26. The first kappa shape index (κ1) is 10.2. The molecule has 9 heavy (non-hydrogen) atoms. The topological polar surface area (TPSA) is 0 Å². The first-order chi connectivity index (χ1) is 4.18. The Morgan fingerprint density at radius 3 is 2.11 bits per heavy atom. The van der Waals surface area contributed by atoms with Gasteiger partial charge in [0.15, 0.2) is 0 Å². The molecule has 0 radical (unpaired) electrons. The van der Waals surface area contributed by atoms with Gasteiger partial charge in [-0.1, -0.05) is 29.3 Å². The van der Waals surface area contributed by atoms with Crippen LogP contribution in [0.4, 0.5) is 0 Å². The van der Waals surface area contributed by atoms with E-state index in [4.69, 9.17) is 0 Å². The van der Waals surface area contributed by atoms with Crippen molar-refractivity contribution in [1.29, 1.82) is 0 Å². The Hall–Kier alpha value is 1.18. The summed E-state index contributed by atoms with van der Waals surface area (Å²) in [5.74, 6) is 0. The van der Waals surface area contributed by atoms with E-state index >= 15 is 0 Å². The van der Waals surface area contributed by atoms with Gasteiger partial charge in [0.1, 0.15) is 0 Å². The second-order valence-corrected chi connectivity index (χ2v) is 5.38. The minimum Gasteiger partial charge on any atom is -0.0654 e. The zero-order valence-electron chi connectivity index (χ0n) is 5.26.